The number of ether oxygens (including phenoxy) is 1. The fraction of sp³-hybridized carbons (Fsp3) is 0.647. The van der Waals surface area contributed by atoms with Crippen molar-refractivity contribution in [3.63, 3.8) is 0 Å². The maximum absolute atomic E-state index is 11.8. The van der Waals surface area contributed by atoms with E-state index in [1.54, 1.807) is 0 Å². The Morgan fingerprint density at radius 2 is 2.23 bits per heavy atom. The first-order valence-corrected chi connectivity index (χ1v) is 8.05. The van der Waals surface area contributed by atoms with E-state index in [2.05, 4.69) is 15.2 Å². The highest BCUT2D eigenvalue weighted by atomic mass is 16.6. The molecule has 0 bridgehead atoms. The largest absolute Gasteiger partial charge is 0.444 e. The SMILES string of the molecule is CC(C)(C)OC(=O)NC[C@@H]1CCCCN1Cc1ccccn1. The van der Waals surface area contributed by atoms with Crippen LogP contribution >= 0.6 is 0 Å². The van der Waals surface area contributed by atoms with E-state index in [4.69, 9.17) is 4.74 Å². The Hall–Kier alpha value is -1.62. The second-order valence-corrected chi connectivity index (χ2v) is 6.82. The number of carbonyl (C=O) groups excluding carboxylic acids is 1. The Balaban J connectivity index is 1.86. The number of alkyl carbamates (subject to hydrolysis) is 1. The summed E-state index contributed by atoms with van der Waals surface area (Å²) in [4.78, 5) is 18.6. The van der Waals surface area contributed by atoms with Gasteiger partial charge in [0.05, 0.1) is 5.69 Å². The lowest BCUT2D eigenvalue weighted by atomic mass is 10.0. The number of carbonyl (C=O) groups is 1. The number of rotatable bonds is 4. The summed E-state index contributed by atoms with van der Waals surface area (Å²) in [5.74, 6) is 0. The predicted octanol–water partition coefficient (Wildman–Crippen LogP) is 2.96. The van der Waals surface area contributed by atoms with E-state index >= 15 is 0 Å². The molecule has 5 nitrogen and oxygen atoms in total. The Bertz CT molecular complexity index is 471. The van der Waals surface area contributed by atoms with E-state index in [0.717, 1.165) is 25.2 Å². The standard InChI is InChI=1S/C17H27N3O2/c1-17(2,3)22-16(21)19-12-15-9-5-7-11-20(15)13-14-8-4-6-10-18-14/h4,6,8,10,15H,5,7,9,11-13H2,1-3H3,(H,19,21)/t15-/m0/s1. The maximum Gasteiger partial charge on any atom is 0.407 e. The first-order valence-electron chi connectivity index (χ1n) is 8.05. The molecule has 2 rings (SSSR count). The zero-order valence-corrected chi connectivity index (χ0v) is 13.8. The van der Waals surface area contributed by atoms with Crippen molar-refractivity contribution in [2.24, 2.45) is 0 Å². The van der Waals surface area contributed by atoms with E-state index in [0.29, 0.717) is 12.6 Å². The van der Waals surface area contributed by atoms with Gasteiger partial charge in [0.15, 0.2) is 0 Å². The van der Waals surface area contributed by atoms with Crippen molar-refractivity contribution in [2.75, 3.05) is 13.1 Å². The number of likely N-dealkylation sites (tertiary alicyclic amines) is 1. The van der Waals surface area contributed by atoms with E-state index in [1.807, 2.05) is 45.2 Å². The van der Waals surface area contributed by atoms with Gasteiger partial charge < -0.3 is 10.1 Å². The third-order valence-corrected chi connectivity index (χ3v) is 3.72. The zero-order chi connectivity index (χ0) is 16.0. The lowest BCUT2D eigenvalue weighted by molar-refractivity contribution is 0.0491. The molecule has 2 heterocycles. The van der Waals surface area contributed by atoms with E-state index in [-0.39, 0.29) is 6.09 Å². The summed E-state index contributed by atoms with van der Waals surface area (Å²) in [6.45, 7) is 8.14. The summed E-state index contributed by atoms with van der Waals surface area (Å²) in [6, 6.07) is 6.34. The highest BCUT2D eigenvalue weighted by Gasteiger charge is 2.24. The average molecular weight is 305 g/mol. The van der Waals surface area contributed by atoms with Crippen LogP contribution in [-0.4, -0.2) is 40.7 Å². The summed E-state index contributed by atoms with van der Waals surface area (Å²) in [6.07, 6.45) is 5.00. The first kappa shape index (κ1) is 16.7. The molecule has 1 aliphatic rings. The molecule has 0 aliphatic carbocycles. The quantitative estimate of drug-likeness (QED) is 0.929. The number of hydrogen-bond donors (Lipinski definition) is 1. The fourth-order valence-electron chi connectivity index (χ4n) is 2.71. The van der Waals surface area contributed by atoms with Crippen molar-refractivity contribution in [1.29, 1.82) is 0 Å². The summed E-state index contributed by atoms with van der Waals surface area (Å²) in [7, 11) is 0. The van der Waals surface area contributed by atoms with Crippen LogP contribution in [0.2, 0.25) is 0 Å². The molecule has 1 aromatic rings. The molecule has 0 radical (unpaired) electrons. The van der Waals surface area contributed by atoms with Gasteiger partial charge in [0.25, 0.3) is 0 Å². The van der Waals surface area contributed by atoms with Crippen LogP contribution in [0.25, 0.3) is 0 Å². The number of piperidine rings is 1. The van der Waals surface area contributed by atoms with Gasteiger partial charge >= 0.3 is 6.09 Å². The third kappa shape index (κ3) is 5.64. The monoisotopic (exact) mass is 305 g/mol. The van der Waals surface area contributed by atoms with Gasteiger partial charge in [0, 0.05) is 25.3 Å². The Labute approximate surface area is 133 Å². The van der Waals surface area contributed by atoms with Gasteiger partial charge in [0.1, 0.15) is 5.60 Å². The minimum atomic E-state index is -0.454. The van der Waals surface area contributed by atoms with Crippen molar-refractivity contribution in [2.45, 2.75) is 58.2 Å². The Kier molecular flexibility index (Phi) is 5.77. The van der Waals surface area contributed by atoms with Gasteiger partial charge in [-0.1, -0.05) is 12.5 Å². The molecule has 5 heteroatoms. The van der Waals surface area contributed by atoms with Gasteiger partial charge in [-0.2, -0.15) is 0 Å². The van der Waals surface area contributed by atoms with Crippen LogP contribution in [0.5, 0.6) is 0 Å². The number of aromatic nitrogens is 1. The average Bonchev–Trinajstić information content (AvgIpc) is 2.46. The third-order valence-electron chi connectivity index (χ3n) is 3.72. The Morgan fingerprint density at radius 1 is 1.41 bits per heavy atom. The number of nitrogens with one attached hydrogen (secondary N) is 1. The molecule has 0 saturated carbocycles. The molecule has 0 spiro atoms. The Morgan fingerprint density at radius 3 is 2.91 bits per heavy atom. The molecule has 1 aromatic heterocycles. The summed E-state index contributed by atoms with van der Waals surface area (Å²) in [5.41, 5.74) is 0.622. The van der Waals surface area contributed by atoms with Crippen molar-refractivity contribution in [3.05, 3.63) is 30.1 Å². The molecule has 1 amide bonds. The van der Waals surface area contributed by atoms with E-state index in [1.165, 1.54) is 12.8 Å². The molecule has 1 N–H and O–H groups in total. The topological polar surface area (TPSA) is 54.5 Å². The molecular formula is C17H27N3O2. The van der Waals surface area contributed by atoms with Crippen LogP contribution in [-0.2, 0) is 11.3 Å². The van der Waals surface area contributed by atoms with E-state index in [9.17, 15) is 4.79 Å². The molecule has 1 atom stereocenters. The number of hydrogen-bond acceptors (Lipinski definition) is 4. The molecular weight excluding hydrogens is 278 g/mol. The minimum absolute atomic E-state index is 0.337. The highest BCUT2D eigenvalue weighted by Crippen LogP contribution is 2.18. The highest BCUT2D eigenvalue weighted by molar-refractivity contribution is 5.67. The molecule has 0 unspecified atom stereocenters. The summed E-state index contributed by atoms with van der Waals surface area (Å²) in [5, 5.41) is 2.90. The number of pyridine rings is 1. The molecule has 1 fully saturated rings. The first-order chi connectivity index (χ1) is 10.4. The van der Waals surface area contributed by atoms with Crippen molar-refractivity contribution < 1.29 is 9.53 Å². The second kappa shape index (κ2) is 7.58. The normalized spacial score (nSPS) is 19.7. The lowest BCUT2D eigenvalue weighted by Crippen LogP contribution is -2.47. The molecule has 122 valence electrons. The fourth-order valence-corrected chi connectivity index (χ4v) is 2.71. The van der Waals surface area contributed by atoms with E-state index < -0.39 is 5.60 Å². The molecule has 22 heavy (non-hydrogen) atoms. The molecule has 1 aliphatic heterocycles. The van der Waals surface area contributed by atoms with Crippen LogP contribution in [0.3, 0.4) is 0 Å². The van der Waals surface area contributed by atoms with Gasteiger partial charge in [-0.25, -0.2) is 4.79 Å². The number of nitrogens with zero attached hydrogens (tertiary/aromatic N) is 2. The van der Waals surface area contributed by atoms with Crippen LogP contribution in [0.4, 0.5) is 4.79 Å². The number of amides is 1. The summed E-state index contributed by atoms with van der Waals surface area (Å²) >= 11 is 0. The van der Waals surface area contributed by atoms with Crippen molar-refractivity contribution in [1.82, 2.24) is 15.2 Å². The van der Waals surface area contributed by atoms with Gasteiger partial charge in [0.2, 0.25) is 0 Å². The van der Waals surface area contributed by atoms with Crippen LogP contribution < -0.4 is 5.32 Å². The van der Waals surface area contributed by atoms with Gasteiger partial charge in [-0.15, -0.1) is 0 Å². The van der Waals surface area contributed by atoms with Crippen LogP contribution in [0, 0.1) is 0 Å². The summed E-state index contributed by atoms with van der Waals surface area (Å²) < 4.78 is 5.30. The maximum atomic E-state index is 11.8. The predicted molar refractivity (Wildman–Crippen MR) is 86.5 cm³/mol. The van der Waals surface area contributed by atoms with Gasteiger partial charge in [-0.05, 0) is 52.3 Å². The van der Waals surface area contributed by atoms with Crippen LogP contribution in [0.15, 0.2) is 24.4 Å². The zero-order valence-electron chi connectivity index (χ0n) is 13.8. The van der Waals surface area contributed by atoms with Gasteiger partial charge in [-0.3, -0.25) is 9.88 Å². The lowest BCUT2D eigenvalue weighted by Gasteiger charge is -2.35. The molecule has 1 saturated heterocycles. The molecule has 0 aromatic carbocycles. The minimum Gasteiger partial charge on any atom is -0.444 e. The van der Waals surface area contributed by atoms with Crippen molar-refractivity contribution in [3.8, 4) is 0 Å². The second-order valence-electron chi connectivity index (χ2n) is 6.82. The van der Waals surface area contributed by atoms with Crippen molar-refractivity contribution >= 4 is 6.09 Å². The van der Waals surface area contributed by atoms with Crippen LogP contribution in [0.1, 0.15) is 45.7 Å². The smallest absolute Gasteiger partial charge is 0.407 e.